The summed E-state index contributed by atoms with van der Waals surface area (Å²) in [6, 6.07) is 7.77. The number of amides is 3. The van der Waals surface area contributed by atoms with Gasteiger partial charge in [0.1, 0.15) is 0 Å². The number of rotatable bonds is 3. The number of aromatic nitrogens is 1. The highest BCUT2D eigenvalue weighted by Gasteiger charge is 2.24. The molecule has 24 heavy (non-hydrogen) atoms. The topological polar surface area (TPSA) is 74.3 Å². The van der Waals surface area contributed by atoms with Gasteiger partial charge in [-0.05, 0) is 24.5 Å². The fraction of sp³-hybridized carbons (Fsp3) is 0.353. The van der Waals surface area contributed by atoms with Crippen LogP contribution in [0.2, 0.25) is 0 Å². The van der Waals surface area contributed by atoms with Gasteiger partial charge in [0.25, 0.3) is 0 Å². The Morgan fingerprint density at radius 1 is 1.38 bits per heavy atom. The average Bonchev–Trinajstić information content (AvgIpc) is 2.99. The number of likely N-dealkylation sites (tertiary alicyclic amines) is 1. The molecular formula is C17H20N4O2S. The van der Waals surface area contributed by atoms with Crippen LogP contribution in [0.1, 0.15) is 18.4 Å². The number of benzene rings is 1. The summed E-state index contributed by atoms with van der Waals surface area (Å²) in [6.45, 7) is 2.59. The van der Waals surface area contributed by atoms with E-state index < -0.39 is 0 Å². The minimum absolute atomic E-state index is 0.0245. The molecule has 0 aliphatic carbocycles. The maximum atomic E-state index is 12.1. The van der Waals surface area contributed by atoms with Gasteiger partial charge < -0.3 is 10.2 Å². The SMILES string of the molecule is Cc1ccccc1-c1cnc(NC(=O)N[C@@H]2CCC(=O)N(C)C2)s1. The number of hydrogen-bond acceptors (Lipinski definition) is 4. The molecule has 1 fully saturated rings. The molecule has 2 heterocycles. The maximum Gasteiger partial charge on any atom is 0.321 e. The number of carbonyl (C=O) groups excluding carboxylic acids is 2. The van der Waals surface area contributed by atoms with Crippen LogP contribution in [0.3, 0.4) is 0 Å². The van der Waals surface area contributed by atoms with Crippen LogP contribution in [-0.4, -0.2) is 41.5 Å². The van der Waals surface area contributed by atoms with Gasteiger partial charge in [0.05, 0.1) is 4.88 Å². The first-order valence-corrected chi connectivity index (χ1v) is 8.68. The molecule has 0 radical (unpaired) electrons. The van der Waals surface area contributed by atoms with Crippen LogP contribution in [0.4, 0.5) is 9.93 Å². The fourth-order valence-corrected chi connectivity index (χ4v) is 3.66. The van der Waals surface area contributed by atoms with Crippen LogP contribution in [-0.2, 0) is 4.79 Å². The van der Waals surface area contributed by atoms with E-state index in [1.165, 1.54) is 16.9 Å². The monoisotopic (exact) mass is 344 g/mol. The van der Waals surface area contributed by atoms with Crippen molar-refractivity contribution in [2.24, 2.45) is 0 Å². The van der Waals surface area contributed by atoms with Crippen molar-refractivity contribution < 1.29 is 9.59 Å². The van der Waals surface area contributed by atoms with Crippen LogP contribution in [0.25, 0.3) is 10.4 Å². The molecule has 126 valence electrons. The number of piperidine rings is 1. The smallest absolute Gasteiger partial charge is 0.321 e. The summed E-state index contributed by atoms with van der Waals surface area (Å²) in [6.07, 6.45) is 2.91. The third-order valence-corrected chi connectivity index (χ3v) is 5.04. The van der Waals surface area contributed by atoms with E-state index in [1.807, 2.05) is 18.2 Å². The Morgan fingerprint density at radius 2 is 2.17 bits per heavy atom. The Hall–Kier alpha value is -2.41. The third kappa shape index (κ3) is 3.73. The number of thiazole rings is 1. The molecule has 6 nitrogen and oxygen atoms in total. The molecule has 0 unspecified atom stereocenters. The average molecular weight is 344 g/mol. The number of urea groups is 1. The van der Waals surface area contributed by atoms with E-state index in [1.54, 1.807) is 18.1 Å². The van der Waals surface area contributed by atoms with Gasteiger partial charge in [0.15, 0.2) is 5.13 Å². The van der Waals surface area contributed by atoms with E-state index in [9.17, 15) is 9.59 Å². The molecule has 3 amide bonds. The van der Waals surface area contributed by atoms with Gasteiger partial charge >= 0.3 is 6.03 Å². The number of aryl methyl sites for hydroxylation is 1. The first-order chi connectivity index (χ1) is 11.5. The summed E-state index contributed by atoms with van der Waals surface area (Å²) in [5.41, 5.74) is 2.29. The number of likely N-dealkylation sites (N-methyl/N-ethyl adjacent to an activating group) is 1. The molecule has 1 aliphatic heterocycles. The highest BCUT2D eigenvalue weighted by Crippen LogP contribution is 2.30. The maximum absolute atomic E-state index is 12.1. The molecule has 0 saturated carbocycles. The lowest BCUT2D eigenvalue weighted by molar-refractivity contribution is -0.132. The molecule has 2 aromatic rings. The molecule has 1 atom stereocenters. The molecule has 0 spiro atoms. The predicted octanol–water partition coefficient (Wildman–Crippen LogP) is 2.86. The minimum atomic E-state index is -0.284. The van der Waals surface area contributed by atoms with Crippen molar-refractivity contribution in [3.63, 3.8) is 0 Å². The Kier molecular flexibility index (Phi) is 4.80. The van der Waals surface area contributed by atoms with Gasteiger partial charge in [-0.15, -0.1) is 0 Å². The summed E-state index contributed by atoms with van der Waals surface area (Å²) in [5, 5.41) is 6.24. The molecule has 3 rings (SSSR count). The van der Waals surface area contributed by atoms with Crippen molar-refractivity contribution in [2.45, 2.75) is 25.8 Å². The summed E-state index contributed by atoms with van der Waals surface area (Å²) < 4.78 is 0. The number of carbonyl (C=O) groups is 2. The second kappa shape index (κ2) is 7.00. The first-order valence-electron chi connectivity index (χ1n) is 7.86. The van der Waals surface area contributed by atoms with E-state index in [2.05, 4.69) is 28.6 Å². The number of anilines is 1. The number of hydrogen-bond donors (Lipinski definition) is 2. The van der Waals surface area contributed by atoms with Gasteiger partial charge in [-0.2, -0.15) is 0 Å². The zero-order valence-corrected chi connectivity index (χ0v) is 14.5. The van der Waals surface area contributed by atoms with Crippen LogP contribution in [0, 0.1) is 6.92 Å². The quantitative estimate of drug-likeness (QED) is 0.899. The first kappa shape index (κ1) is 16.4. The Balaban J connectivity index is 1.60. The van der Waals surface area contributed by atoms with Gasteiger partial charge in [-0.3, -0.25) is 10.1 Å². The van der Waals surface area contributed by atoms with Gasteiger partial charge in [0.2, 0.25) is 5.91 Å². The normalized spacial score (nSPS) is 17.7. The Bertz CT molecular complexity index is 759. The second-order valence-electron chi connectivity index (χ2n) is 5.95. The van der Waals surface area contributed by atoms with E-state index in [-0.39, 0.29) is 18.0 Å². The van der Waals surface area contributed by atoms with Crippen molar-refractivity contribution in [2.75, 3.05) is 18.9 Å². The van der Waals surface area contributed by atoms with Crippen LogP contribution in [0.15, 0.2) is 30.5 Å². The molecule has 2 N–H and O–H groups in total. The summed E-state index contributed by atoms with van der Waals surface area (Å²) in [5.74, 6) is 0.122. The lowest BCUT2D eigenvalue weighted by atomic mass is 10.1. The largest absolute Gasteiger partial charge is 0.344 e. The predicted molar refractivity (Wildman–Crippen MR) is 95.1 cm³/mol. The van der Waals surface area contributed by atoms with Crippen LogP contribution >= 0.6 is 11.3 Å². The molecule has 1 aromatic heterocycles. The van der Waals surface area contributed by atoms with Crippen molar-refractivity contribution in [3.8, 4) is 10.4 Å². The standard InChI is InChI=1S/C17H20N4O2S/c1-11-5-3-4-6-13(11)14-9-18-17(24-14)20-16(23)19-12-7-8-15(22)21(2)10-12/h3-6,9,12H,7-8,10H2,1-2H3,(H2,18,19,20,23)/t12-/m1/s1. The van der Waals surface area contributed by atoms with E-state index >= 15 is 0 Å². The van der Waals surface area contributed by atoms with Crippen molar-refractivity contribution in [3.05, 3.63) is 36.0 Å². The summed E-state index contributed by atoms with van der Waals surface area (Å²) in [4.78, 5) is 30.5. The Labute approximate surface area is 144 Å². The van der Waals surface area contributed by atoms with Crippen LogP contribution in [0.5, 0.6) is 0 Å². The zero-order valence-electron chi connectivity index (χ0n) is 13.7. The summed E-state index contributed by atoms with van der Waals surface area (Å²) >= 11 is 1.44. The molecule has 7 heteroatoms. The van der Waals surface area contributed by atoms with Gasteiger partial charge in [0, 0.05) is 32.3 Å². The van der Waals surface area contributed by atoms with Gasteiger partial charge in [-0.1, -0.05) is 35.6 Å². The van der Waals surface area contributed by atoms with E-state index in [0.29, 0.717) is 24.5 Å². The van der Waals surface area contributed by atoms with E-state index in [4.69, 9.17) is 0 Å². The molecule has 1 aromatic carbocycles. The lowest BCUT2D eigenvalue weighted by Crippen LogP contribution is -2.49. The molecule has 1 aliphatic rings. The van der Waals surface area contributed by atoms with Crippen LogP contribution < -0.4 is 10.6 Å². The second-order valence-corrected chi connectivity index (χ2v) is 6.98. The third-order valence-electron chi connectivity index (χ3n) is 4.10. The zero-order chi connectivity index (χ0) is 17.1. The summed E-state index contributed by atoms with van der Waals surface area (Å²) in [7, 11) is 1.75. The molecule has 0 bridgehead atoms. The highest BCUT2D eigenvalue weighted by atomic mass is 32.1. The van der Waals surface area contributed by atoms with Crippen molar-refractivity contribution in [1.29, 1.82) is 0 Å². The van der Waals surface area contributed by atoms with Crippen molar-refractivity contribution >= 4 is 28.4 Å². The molecular weight excluding hydrogens is 324 g/mol. The van der Waals surface area contributed by atoms with Gasteiger partial charge in [-0.25, -0.2) is 9.78 Å². The Morgan fingerprint density at radius 3 is 2.92 bits per heavy atom. The number of nitrogens with zero attached hydrogens (tertiary/aromatic N) is 2. The lowest BCUT2D eigenvalue weighted by Gasteiger charge is -2.29. The highest BCUT2D eigenvalue weighted by molar-refractivity contribution is 7.19. The molecule has 1 saturated heterocycles. The van der Waals surface area contributed by atoms with Crippen molar-refractivity contribution in [1.82, 2.24) is 15.2 Å². The fourth-order valence-electron chi connectivity index (χ4n) is 2.75. The number of nitrogens with one attached hydrogen (secondary N) is 2. The minimum Gasteiger partial charge on any atom is -0.344 e. The van der Waals surface area contributed by atoms with E-state index in [0.717, 1.165) is 10.4 Å².